The van der Waals surface area contributed by atoms with Crippen molar-refractivity contribution in [3.63, 3.8) is 0 Å². The van der Waals surface area contributed by atoms with Crippen LogP contribution in [-0.2, 0) is 4.79 Å². The summed E-state index contributed by atoms with van der Waals surface area (Å²) in [6.45, 7) is 0.670. The van der Waals surface area contributed by atoms with Crippen molar-refractivity contribution in [2.75, 3.05) is 11.4 Å². The summed E-state index contributed by atoms with van der Waals surface area (Å²) in [5, 5.41) is 0. The molecule has 0 bridgehead atoms. The Morgan fingerprint density at radius 2 is 1.94 bits per heavy atom. The van der Waals surface area contributed by atoms with Crippen molar-refractivity contribution in [1.29, 1.82) is 0 Å². The quantitative estimate of drug-likeness (QED) is 0.843. The summed E-state index contributed by atoms with van der Waals surface area (Å²) in [6, 6.07) is 7.02. The van der Waals surface area contributed by atoms with E-state index in [2.05, 4.69) is 0 Å². The minimum atomic E-state index is -0.488. The molecule has 1 aliphatic heterocycles. The van der Waals surface area contributed by atoms with Crippen molar-refractivity contribution in [3.8, 4) is 0 Å². The number of nitrogens with zero attached hydrogens (tertiary/aromatic N) is 1. The van der Waals surface area contributed by atoms with E-state index in [9.17, 15) is 9.59 Å². The number of carbonyl (C=O) groups is 2. The van der Waals surface area contributed by atoms with Crippen molar-refractivity contribution in [1.82, 2.24) is 0 Å². The zero-order valence-electron chi connectivity index (χ0n) is 9.69. The van der Waals surface area contributed by atoms with E-state index in [1.807, 2.05) is 6.07 Å². The summed E-state index contributed by atoms with van der Waals surface area (Å²) in [4.78, 5) is 25.0. The molecular weight excluding hydrogens is 216 g/mol. The molecule has 0 aliphatic carbocycles. The highest BCUT2D eigenvalue weighted by Crippen LogP contribution is 2.24. The third-order valence-electron chi connectivity index (χ3n) is 3.03. The van der Waals surface area contributed by atoms with Crippen LogP contribution in [0.25, 0.3) is 0 Å². The molecule has 1 fully saturated rings. The van der Waals surface area contributed by atoms with Gasteiger partial charge in [0.15, 0.2) is 0 Å². The second kappa shape index (κ2) is 4.99. The number of primary amides is 1. The largest absolute Gasteiger partial charge is 0.366 e. The summed E-state index contributed by atoms with van der Waals surface area (Å²) >= 11 is 0. The van der Waals surface area contributed by atoms with Crippen LogP contribution in [0, 0.1) is 0 Å². The fourth-order valence-corrected chi connectivity index (χ4v) is 2.15. The molecule has 1 aromatic rings. The van der Waals surface area contributed by atoms with Gasteiger partial charge in [-0.15, -0.1) is 0 Å². The summed E-state index contributed by atoms with van der Waals surface area (Å²) in [5.74, 6) is -0.408. The highest BCUT2D eigenvalue weighted by atomic mass is 16.2. The zero-order chi connectivity index (χ0) is 12.3. The number of hydrogen-bond acceptors (Lipinski definition) is 2. The zero-order valence-corrected chi connectivity index (χ0v) is 9.69. The molecule has 4 nitrogen and oxygen atoms in total. The third kappa shape index (κ3) is 2.46. The van der Waals surface area contributed by atoms with Crippen molar-refractivity contribution in [2.45, 2.75) is 25.7 Å². The second-order valence-corrected chi connectivity index (χ2v) is 4.24. The minimum Gasteiger partial charge on any atom is -0.366 e. The number of hydrogen-bond donors (Lipinski definition) is 1. The number of para-hydroxylation sites is 1. The average Bonchev–Trinajstić information content (AvgIpc) is 2.54. The van der Waals surface area contributed by atoms with Gasteiger partial charge in [0.2, 0.25) is 5.91 Å². The summed E-state index contributed by atoms with van der Waals surface area (Å²) in [5.41, 5.74) is 6.39. The van der Waals surface area contributed by atoms with Gasteiger partial charge in [0.25, 0.3) is 5.91 Å². The number of nitrogens with two attached hydrogens (primary N) is 1. The standard InChI is InChI=1S/C13H16N2O2/c14-13(17)10-6-3-4-7-11(10)15-9-5-1-2-8-12(15)16/h3-4,6-7H,1-2,5,8-9H2,(H2,14,17). The van der Waals surface area contributed by atoms with Gasteiger partial charge in [0.1, 0.15) is 0 Å². The first-order valence-electron chi connectivity index (χ1n) is 5.89. The summed E-state index contributed by atoms with van der Waals surface area (Å²) in [7, 11) is 0. The second-order valence-electron chi connectivity index (χ2n) is 4.24. The molecule has 1 aliphatic rings. The maximum absolute atomic E-state index is 12.0. The first kappa shape index (κ1) is 11.6. The average molecular weight is 232 g/mol. The van der Waals surface area contributed by atoms with Crippen LogP contribution >= 0.6 is 0 Å². The summed E-state index contributed by atoms with van der Waals surface area (Å²) in [6.07, 6.45) is 3.50. The number of rotatable bonds is 2. The lowest BCUT2D eigenvalue weighted by Gasteiger charge is -2.22. The van der Waals surface area contributed by atoms with E-state index in [0.717, 1.165) is 19.3 Å². The Labute approximate surface area is 100 Å². The van der Waals surface area contributed by atoms with Crippen LogP contribution in [0.4, 0.5) is 5.69 Å². The van der Waals surface area contributed by atoms with Crippen molar-refractivity contribution in [2.24, 2.45) is 5.73 Å². The molecule has 1 saturated heterocycles. The van der Waals surface area contributed by atoms with Crippen molar-refractivity contribution in [3.05, 3.63) is 29.8 Å². The van der Waals surface area contributed by atoms with Gasteiger partial charge >= 0.3 is 0 Å². The molecule has 1 heterocycles. The van der Waals surface area contributed by atoms with Crippen LogP contribution in [0.3, 0.4) is 0 Å². The van der Waals surface area contributed by atoms with E-state index in [0.29, 0.717) is 24.2 Å². The highest BCUT2D eigenvalue weighted by molar-refractivity contribution is 6.04. The molecule has 0 atom stereocenters. The Morgan fingerprint density at radius 3 is 2.71 bits per heavy atom. The molecule has 2 N–H and O–H groups in total. The third-order valence-corrected chi connectivity index (χ3v) is 3.03. The fraction of sp³-hybridized carbons (Fsp3) is 0.385. The first-order valence-corrected chi connectivity index (χ1v) is 5.89. The van der Waals surface area contributed by atoms with Crippen LogP contribution in [0.2, 0.25) is 0 Å². The van der Waals surface area contributed by atoms with Crippen molar-refractivity contribution < 1.29 is 9.59 Å². The van der Waals surface area contributed by atoms with Gasteiger partial charge in [-0.3, -0.25) is 9.59 Å². The topological polar surface area (TPSA) is 63.4 Å². The van der Waals surface area contributed by atoms with E-state index in [1.54, 1.807) is 23.1 Å². The monoisotopic (exact) mass is 232 g/mol. The molecule has 2 amide bonds. The fourth-order valence-electron chi connectivity index (χ4n) is 2.15. The van der Waals surface area contributed by atoms with Crippen LogP contribution in [0.1, 0.15) is 36.0 Å². The lowest BCUT2D eigenvalue weighted by atomic mass is 10.1. The molecule has 4 heteroatoms. The van der Waals surface area contributed by atoms with Gasteiger partial charge in [-0.25, -0.2) is 0 Å². The Balaban J connectivity index is 2.37. The van der Waals surface area contributed by atoms with E-state index in [4.69, 9.17) is 5.73 Å². The van der Waals surface area contributed by atoms with Crippen LogP contribution in [0.15, 0.2) is 24.3 Å². The number of anilines is 1. The first-order chi connectivity index (χ1) is 8.20. The predicted octanol–water partition coefficient (Wildman–Crippen LogP) is 1.69. The molecule has 1 aromatic carbocycles. The van der Waals surface area contributed by atoms with Gasteiger partial charge in [-0.05, 0) is 25.0 Å². The van der Waals surface area contributed by atoms with E-state index in [-0.39, 0.29) is 5.91 Å². The number of benzene rings is 1. The van der Waals surface area contributed by atoms with Crippen LogP contribution in [0.5, 0.6) is 0 Å². The molecule has 17 heavy (non-hydrogen) atoms. The van der Waals surface area contributed by atoms with Crippen molar-refractivity contribution >= 4 is 17.5 Å². The molecule has 0 saturated carbocycles. The van der Waals surface area contributed by atoms with E-state index < -0.39 is 5.91 Å². The molecule has 0 radical (unpaired) electrons. The predicted molar refractivity (Wildman–Crippen MR) is 65.8 cm³/mol. The Morgan fingerprint density at radius 1 is 1.18 bits per heavy atom. The smallest absolute Gasteiger partial charge is 0.250 e. The number of amides is 2. The Bertz CT molecular complexity index is 443. The lowest BCUT2D eigenvalue weighted by molar-refractivity contribution is -0.118. The van der Waals surface area contributed by atoms with Crippen LogP contribution < -0.4 is 10.6 Å². The lowest BCUT2D eigenvalue weighted by Crippen LogP contribution is -2.32. The summed E-state index contributed by atoms with van der Waals surface area (Å²) < 4.78 is 0. The highest BCUT2D eigenvalue weighted by Gasteiger charge is 2.21. The molecule has 90 valence electrons. The molecule has 0 spiro atoms. The molecule has 0 aromatic heterocycles. The van der Waals surface area contributed by atoms with Gasteiger partial charge in [-0.2, -0.15) is 0 Å². The maximum atomic E-state index is 12.0. The van der Waals surface area contributed by atoms with E-state index in [1.165, 1.54) is 0 Å². The van der Waals surface area contributed by atoms with Gasteiger partial charge < -0.3 is 10.6 Å². The SMILES string of the molecule is NC(=O)c1ccccc1N1CCCCCC1=O. The van der Waals surface area contributed by atoms with Gasteiger partial charge in [0, 0.05) is 13.0 Å². The minimum absolute atomic E-state index is 0.0798. The molecular formula is C13H16N2O2. The van der Waals surface area contributed by atoms with Gasteiger partial charge in [0.05, 0.1) is 11.3 Å². The van der Waals surface area contributed by atoms with E-state index >= 15 is 0 Å². The molecule has 0 unspecified atom stereocenters. The maximum Gasteiger partial charge on any atom is 0.250 e. The van der Waals surface area contributed by atoms with Gasteiger partial charge in [-0.1, -0.05) is 18.6 Å². The van der Waals surface area contributed by atoms with Crippen LogP contribution in [-0.4, -0.2) is 18.4 Å². The Kier molecular flexibility index (Phi) is 3.42. The Hall–Kier alpha value is -1.84. The normalized spacial score (nSPS) is 16.7. The molecule has 2 rings (SSSR count). The number of carbonyl (C=O) groups excluding carboxylic acids is 2.